The summed E-state index contributed by atoms with van der Waals surface area (Å²) in [5.41, 5.74) is 3.58. The predicted octanol–water partition coefficient (Wildman–Crippen LogP) is 7.96. The fourth-order valence-corrected chi connectivity index (χ4v) is 9.04. The fourth-order valence-electron chi connectivity index (χ4n) is 5.47. The lowest BCUT2D eigenvalue weighted by Crippen LogP contribution is -2.32. The van der Waals surface area contributed by atoms with Crippen molar-refractivity contribution >= 4 is 61.2 Å². The zero-order chi connectivity index (χ0) is 38.6. The van der Waals surface area contributed by atoms with Crippen molar-refractivity contribution in [2.45, 2.75) is 54.8 Å². The Balaban J connectivity index is 0.000000330. The van der Waals surface area contributed by atoms with Crippen molar-refractivity contribution in [2.24, 2.45) is 5.92 Å². The van der Waals surface area contributed by atoms with Gasteiger partial charge < -0.3 is 15.2 Å². The van der Waals surface area contributed by atoms with Crippen LogP contribution in [0.1, 0.15) is 42.3 Å². The molecule has 0 spiro atoms. The number of carboxylic acid groups (broad SMARTS) is 2. The Bertz CT molecular complexity index is 2090. The summed E-state index contributed by atoms with van der Waals surface area (Å²) in [6.45, 7) is 2.40. The Morgan fingerprint density at radius 2 is 1.64 bits per heavy atom. The molecule has 1 aliphatic heterocycles. The van der Waals surface area contributed by atoms with Crippen molar-refractivity contribution in [1.82, 2.24) is 19.9 Å². The van der Waals surface area contributed by atoms with Crippen molar-refractivity contribution < 1.29 is 54.6 Å². The number of aliphatic carboxylic acids is 2. The Morgan fingerprint density at radius 3 is 2.23 bits per heavy atom. The lowest BCUT2D eigenvalue weighted by Gasteiger charge is -2.24. The number of hydrogen-bond donors (Lipinski definition) is 3. The molecular weight excluding hydrogens is 773 g/mol. The van der Waals surface area contributed by atoms with Gasteiger partial charge in [-0.2, -0.15) is 26.3 Å². The van der Waals surface area contributed by atoms with Gasteiger partial charge in [-0.05, 0) is 73.9 Å². The normalized spacial score (nSPS) is 16.4. The molecule has 2 aliphatic rings. The maximum absolute atomic E-state index is 13.7. The molecular formula is C33H31F6N5O6S3. The lowest BCUT2D eigenvalue weighted by atomic mass is 10.1. The van der Waals surface area contributed by atoms with E-state index >= 15 is 0 Å². The number of likely N-dealkylation sites (tertiary alicyclic amines) is 1. The predicted molar refractivity (Wildman–Crippen MR) is 185 cm³/mol. The highest BCUT2D eigenvalue weighted by Crippen LogP contribution is 2.40. The largest absolute Gasteiger partial charge is 0.490 e. The molecule has 0 amide bonds. The summed E-state index contributed by atoms with van der Waals surface area (Å²) >= 11 is 2.96. The second kappa shape index (κ2) is 16.2. The monoisotopic (exact) mass is 803 g/mol. The average molecular weight is 804 g/mol. The number of halogens is 6. The zero-order valence-electron chi connectivity index (χ0n) is 27.3. The van der Waals surface area contributed by atoms with E-state index in [0.29, 0.717) is 28.4 Å². The standard InChI is InChI=1S/C29H29N5O2S3.2C2HF3O2/c35-39(36,27-10-5-15-37-27)34(18-20-11-12-20)26-8-3-6-21-16-24(32-28(21)26)29-31-17-22(38-29)19-33-14-4-9-25(33)23-7-1-2-13-30-23;2*3-2(4,5)1(6)7/h1-3,5-8,10,13,15-17,20,25,32H,4,9,11-12,14,18-19H2;2*(H,6,7). The maximum Gasteiger partial charge on any atom is 0.490 e. The number of pyridine rings is 1. The van der Waals surface area contributed by atoms with Crippen LogP contribution in [0.5, 0.6) is 0 Å². The molecule has 0 radical (unpaired) electrons. The number of carboxylic acids is 2. The molecule has 5 aromatic rings. The number of nitrogens with zero attached hydrogens (tertiary/aromatic N) is 4. The summed E-state index contributed by atoms with van der Waals surface area (Å²) in [5, 5.41) is 18.0. The molecule has 4 aromatic heterocycles. The summed E-state index contributed by atoms with van der Waals surface area (Å²) in [6.07, 6.45) is -1.88. The Hall–Kier alpha value is -4.53. The van der Waals surface area contributed by atoms with Gasteiger partial charge in [-0.1, -0.05) is 24.3 Å². The van der Waals surface area contributed by atoms with Crippen LogP contribution in [0.25, 0.3) is 21.6 Å². The van der Waals surface area contributed by atoms with E-state index < -0.39 is 34.3 Å². The van der Waals surface area contributed by atoms with Crippen molar-refractivity contribution in [3.05, 3.63) is 82.9 Å². The number of thiophene rings is 1. The first-order valence-corrected chi connectivity index (χ1v) is 19.0. The average Bonchev–Trinajstić information content (AvgIpc) is 3.59. The van der Waals surface area contributed by atoms with Crippen LogP contribution in [-0.4, -0.2) is 75.9 Å². The first kappa shape index (κ1) is 39.7. The number of anilines is 1. The Morgan fingerprint density at radius 1 is 0.943 bits per heavy atom. The van der Waals surface area contributed by atoms with E-state index in [4.69, 9.17) is 24.8 Å². The van der Waals surface area contributed by atoms with E-state index in [1.165, 1.54) is 22.6 Å². The first-order valence-electron chi connectivity index (χ1n) is 15.8. The number of aromatic amines is 1. The van der Waals surface area contributed by atoms with Gasteiger partial charge in [-0.25, -0.2) is 23.0 Å². The molecule has 53 heavy (non-hydrogen) atoms. The van der Waals surface area contributed by atoms with Gasteiger partial charge in [-0.15, -0.1) is 22.7 Å². The molecule has 284 valence electrons. The van der Waals surface area contributed by atoms with Crippen LogP contribution < -0.4 is 4.31 Å². The van der Waals surface area contributed by atoms with E-state index in [9.17, 15) is 34.8 Å². The molecule has 1 saturated heterocycles. The van der Waals surface area contributed by atoms with Gasteiger partial charge in [0.1, 0.15) is 9.22 Å². The van der Waals surface area contributed by atoms with Crippen LogP contribution in [0.2, 0.25) is 0 Å². The van der Waals surface area contributed by atoms with Crippen molar-refractivity contribution in [1.29, 1.82) is 0 Å². The smallest absolute Gasteiger partial charge is 0.475 e. The Kier molecular flexibility index (Phi) is 12.1. The van der Waals surface area contributed by atoms with Crippen molar-refractivity contribution in [3.8, 4) is 10.7 Å². The number of benzene rings is 1. The molecule has 1 aromatic carbocycles. The molecule has 5 heterocycles. The third-order valence-electron chi connectivity index (χ3n) is 8.08. The summed E-state index contributed by atoms with van der Waals surface area (Å²) in [6, 6.07) is 17.9. The van der Waals surface area contributed by atoms with Crippen LogP contribution in [-0.2, 0) is 26.2 Å². The molecule has 1 atom stereocenters. The fraction of sp³-hybridized carbons (Fsp3) is 0.333. The van der Waals surface area contributed by atoms with Gasteiger partial charge in [0, 0.05) is 35.7 Å². The number of thiazole rings is 1. The van der Waals surface area contributed by atoms with E-state index in [2.05, 4.69) is 33.1 Å². The van der Waals surface area contributed by atoms with Gasteiger partial charge in [-0.3, -0.25) is 14.2 Å². The number of para-hydroxylation sites is 1. The number of sulfonamides is 1. The van der Waals surface area contributed by atoms with Crippen LogP contribution in [0.3, 0.4) is 0 Å². The highest BCUT2D eigenvalue weighted by molar-refractivity contribution is 7.94. The molecule has 2 fully saturated rings. The van der Waals surface area contributed by atoms with Crippen molar-refractivity contribution in [3.63, 3.8) is 0 Å². The molecule has 7 rings (SSSR count). The minimum atomic E-state index is -5.08. The maximum atomic E-state index is 13.7. The van der Waals surface area contributed by atoms with Gasteiger partial charge in [0.2, 0.25) is 0 Å². The van der Waals surface area contributed by atoms with Crippen LogP contribution in [0.15, 0.2) is 76.6 Å². The van der Waals surface area contributed by atoms with Crippen LogP contribution >= 0.6 is 22.7 Å². The minimum Gasteiger partial charge on any atom is -0.475 e. The number of hydrogen-bond acceptors (Lipinski definition) is 9. The number of carbonyl (C=O) groups is 2. The van der Waals surface area contributed by atoms with Crippen molar-refractivity contribution in [2.75, 3.05) is 17.4 Å². The molecule has 20 heteroatoms. The second-order valence-corrected chi connectivity index (χ2v) is 16.1. The Labute approximate surface area is 306 Å². The summed E-state index contributed by atoms with van der Waals surface area (Å²) in [5.74, 6) is -5.11. The molecule has 0 bridgehead atoms. The third-order valence-corrected chi connectivity index (χ3v) is 12.3. The molecule has 1 unspecified atom stereocenters. The number of nitrogens with one attached hydrogen (secondary N) is 1. The number of aromatic nitrogens is 3. The minimum absolute atomic E-state index is 0.343. The SMILES string of the molecule is O=C(O)C(F)(F)F.O=C(O)C(F)(F)F.O=S(=O)(c1cccs1)N(CC1CC1)c1cccc2cc(-c3ncc(CN4CCCC4c4ccccn4)s3)[nH]c12. The van der Waals surface area contributed by atoms with Gasteiger partial charge >= 0.3 is 24.3 Å². The third kappa shape index (κ3) is 10.1. The van der Waals surface area contributed by atoms with Crippen LogP contribution in [0.4, 0.5) is 32.0 Å². The molecule has 1 aliphatic carbocycles. The molecule has 3 N–H and O–H groups in total. The van der Waals surface area contributed by atoms with Crippen LogP contribution in [0, 0.1) is 5.92 Å². The lowest BCUT2D eigenvalue weighted by molar-refractivity contribution is -0.193. The highest BCUT2D eigenvalue weighted by atomic mass is 32.2. The zero-order valence-corrected chi connectivity index (χ0v) is 29.8. The van der Waals surface area contributed by atoms with Gasteiger partial charge in [0.25, 0.3) is 10.0 Å². The number of alkyl halides is 6. The van der Waals surface area contributed by atoms with E-state index in [1.54, 1.807) is 27.8 Å². The quantitative estimate of drug-likeness (QED) is 0.126. The second-order valence-electron chi connectivity index (χ2n) is 12.0. The first-order chi connectivity index (χ1) is 24.9. The highest BCUT2D eigenvalue weighted by Gasteiger charge is 2.39. The summed E-state index contributed by atoms with van der Waals surface area (Å²) in [4.78, 5) is 34.4. The summed E-state index contributed by atoms with van der Waals surface area (Å²) in [7, 11) is -3.64. The molecule has 1 saturated carbocycles. The van der Waals surface area contributed by atoms with E-state index in [1.807, 2.05) is 42.0 Å². The summed E-state index contributed by atoms with van der Waals surface area (Å²) < 4.78 is 92.8. The number of rotatable bonds is 9. The van der Waals surface area contributed by atoms with E-state index in [0.717, 1.165) is 59.7 Å². The molecule has 11 nitrogen and oxygen atoms in total. The number of fused-ring (bicyclic) bond motifs is 1. The van der Waals surface area contributed by atoms with Gasteiger partial charge in [0.05, 0.1) is 28.6 Å². The van der Waals surface area contributed by atoms with Gasteiger partial charge in [0.15, 0.2) is 0 Å². The topological polar surface area (TPSA) is 157 Å². The number of H-pyrrole nitrogens is 1. The van der Waals surface area contributed by atoms with E-state index in [-0.39, 0.29) is 0 Å².